The van der Waals surface area contributed by atoms with E-state index in [4.69, 9.17) is 0 Å². The molecule has 6 heteroatoms. The highest BCUT2D eigenvalue weighted by molar-refractivity contribution is 14.1. The van der Waals surface area contributed by atoms with Crippen LogP contribution in [0.2, 0.25) is 0 Å². The Kier molecular flexibility index (Phi) is 5.94. The molecule has 1 rings (SSSR count). The number of rotatable bonds is 6. The van der Waals surface area contributed by atoms with E-state index in [0.29, 0.717) is 0 Å². The number of halogens is 2. The highest BCUT2D eigenvalue weighted by Crippen LogP contribution is 2.08. The van der Waals surface area contributed by atoms with Gasteiger partial charge in [-0.05, 0) is 19.3 Å². The van der Waals surface area contributed by atoms with Gasteiger partial charge >= 0.3 is 0 Å². The van der Waals surface area contributed by atoms with Crippen molar-refractivity contribution in [3.8, 4) is 0 Å². The second-order valence-corrected chi connectivity index (χ2v) is 4.62. The fourth-order valence-corrected chi connectivity index (χ4v) is 2.79. The van der Waals surface area contributed by atoms with Gasteiger partial charge in [0.1, 0.15) is 0 Å². The van der Waals surface area contributed by atoms with Gasteiger partial charge < -0.3 is 4.98 Å². The summed E-state index contributed by atoms with van der Waals surface area (Å²) >= 11 is 3.85. The zero-order valence-corrected chi connectivity index (χ0v) is 11.8. The lowest BCUT2D eigenvalue weighted by molar-refractivity contribution is -0.110. The SMILES string of the molecule is O=C(I)C(CCCc1cnc[nH]1)NI. The van der Waals surface area contributed by atoms with E-state index in [1.807, 2.05) is 51.7 Å². The molecule has 1 atom stereocenters. The Morgan fingerprint density at radius 2 is 2.50 bits per heavy atom. The number of carbonyl (C=O) groups excluding carboxylic acids is 1. The molecule has 0 saturated heterocycles. The first-order chi connectivity index (χ1) is 6.74. The Morgan fingerprint density at radius 3 is 3.00 bits per heavy atom. The van der Waals surface area contributed by atoms with E-state index < -0.39 is 0 Å². The molecular weight excluding hydrogens is 408 g/mol. The molecule has 78 valence electrons. The predicted molar refractivity (Wildman–Crippen MR) is 71.5 cm³/mol. The Bertz CT molecular complexity index is 276. The minimum Gasteiger partial charge on any atom is -0.348 e. The maximum absolute atomic E-state index is 11.1. The molecule has 14 heavy (non-hydrogen) atoms. The van der Waals surface area contributed by atoms with Crippen LogP contribution in [0, 0.1) is 0 Å². The predicted octanol–water partition coefficient (Wildman–Crippen LogP) is 2.00. The van der Waals surface area contributed by atoms with Gasteiger partial charge in [0.05, 0.1) is 12.4 Å². The summed E-state index contributed by atoms with van der Waals surface area (Å²) in [7, 11) is 0. The van der Waals surface area contributed by atoms with Gasteiger partial charge in [0.2, 0.25) is 3.79 Å². The molecule has 0 amide bonds. The molecule has 1 heterocycles. The van der Waals surface area contributed by atoms with E-state index in [1.54, 1.807) is 6.33 Å². The first-order valence-corrected chi connectivity index (χ1v) is 6.42. The molecule has 0 aromatic carbocycles. The number of aromatic nitrogens is 2. The fourth-order valence-electron chi connectivity index (χ4n) is 1.13. The third-order valence-electron chi connectivity index (χ3n) is 1.90. The quantitative estimate of drug-likeness (QED) is 0.422. The third kappa shape index (κ3) is 4.22. The number of aryl methyl sites for hydroxylation is 1. The van der Waals surface area contributed by atoms with Crippen LogP contribution in [0.5, 0.6) is 0 Å². The largest absolute Gasteiger partial charge is 0.348 e. The molecule has 0 saturated carbocycles. The van der Waals surface area contributed by atoms with E-state index in [-0.39, 0.29) is 9.83 Å². The highest BCUT2D eigenvalue weighted by atomic mass is 127. The lowest BCUT2D eigenvalue weighted by atomic mass is 10.1. The summed E-state index contributed by atoms with van der Waals surface area (Å²) in [5.74, 6) is 0. The maximum Gasteiger partial charge on any atom is 0.209 e. The van der Waals surface area contributed by atoms with E-state index in [0.717, 1.165) is 25.0 Å². The lowest BCUT2D eigenvalue weighted by Crippen LogP contribution is -2.26. The zero-order valence-electron chi connectivity index (χ0n) is 7.46. The number of carbonyl (C=O) groups is 1. The number of nitrogens with one attached hydrogen (secondary N) is 2. The molecule has 2 N–H and O–H groups in total. The van der Waals surface area contributed by atoms with E-state index in [1.165, 1.54) is 0 Å². The summed E-state index contributed by atoms with van der Waals surface area (Å²) in [6.07, 6.45) is 6.28. The normalized spacial score (nSPS) is 12.7. The molecule has 1 aromatic heterocycles. The molecule has 0 fully saturated rings. The number of nitrogens with zero attached hydrogens (tertiary/aromatic N) is 1. The standard InChI is InChI=1S/C8H11I2N3O/c9-8(14)7(13-10)3-1-2-6-4-11-5-12-6/h4-5,7,13H,1-3H2,(H,11,12). The average Bonchev–Trinajstić information content (AvgIpc) is 2.64. The Balaban J connectivity index is 2.23. The minimum atomic E-state index is -0.0286. The Morgan fingerprint density at radius 1 is 1.71 bits per heavy atom. The van der Waals surface area contributed by atoms with Crippen LogP contribution in [-0.4, -0.2) is 19.8 Å². The van der Waals surface area contributed by atoms with Crippen molar-refractivity contribution in [3.63, 3.8) is 0 Å². The van der Waals surface area contributed by atoms with Crippen molar-refractivity contribution in [1.82, 2.24) is 13.5 Å². The van der Waals surface area contributed by atoms with Crippen LogP contribution in [0.4, 0.5) is 0 Å². The van der Waals surface area contributed by atoms with Crippen molar-refractivity contribution < 1.29 is 4.79 Å². The molecule has 0 spiro atoms. The first kappa shape index (κ1) is 12.4. The zero-order chi connectivity index (χ0) is 10.4. The summed E-state index contributed by atoms with van der Waals surface area (Å²) in [5.41, 5.74) is 1.12. The second kappa shape index (κ2) is 6.72. The third-order valence-corrected chi connectivity index (χ3v) is 3.40. The highest BCUT2D eigenvalue weighted by Gasteiger charge is 2.12. The van der Waals surface area contributed by atoms with Crippen molar-refractivity contribution >= 4 is 49.2 Å². The van der Waals surface area contributed by atoms with Crippen LogP contribution in [0.25, 0.3) is 0 Å². The molecule has 1 aromatic rings. The van der Waals surface area contributed by atoms with Crippen molar-refractivity contribution in [3.05, 3.63) is 18.2 Å². The van der Waals surface area contributed by atoms with Crippen LogP contribution in [0.15, 0.2) is 12.5 Å². The van der Waals surface area contributed by atoms with Crippen LogP contribution in [0.1, 0.15) is 18.5 Å². The summed E-state index contributed by atoms with van der Waals surface area (Å²) in [4.78, 5) is 18.0. The Labute approximate surface area is 110 Å². The molecule has 0 aliphatic heterocycles. The number of hydrogen-bond acceptors (Lipinski definition) is 3. The average molecular weight is 419 g/mol. The van der Waals surface area contributed by atoms with Gasteiger partial charge in [-0.1, -0.05) is 0 Å². The van der Waals surface area contributed by atoms with Gasteiger partial charge in [-0.15, -0.1) is 0 Å². The second-order valence-electron chi connectivity index (χ2n) is 2.93. The monoisotopic (exact) mass is 419 g/mol. The van der Waals surface area contributed by atoms with E-state index >= 15 is 0 Å². The molecule has 4 nitrogen and oxygen atoms in total. The van der Waals surface area contributed by atoms with Gasteiger partial charge in [0.25, 0.3) is 0 Å². The summed E-state index contributed by atoms with van der Waals surface area (Å²) < 4.78 is 3.14. The summed E-state index contributed by atoms with van der Waals surface area (Å²) in [6, 6.07) is -0.0286. The van der Waals surface area contributed by atoms with Gasteiger partial charge in [0, 0.05) is 57.3 Å². The van der Waals surface area contributed by atoms with Gasteiger partial charge in [-0.3, -0.25) is 4.79 Å². The molecular formula is C8H11I2N3O. The van der Waals surface area contributed by atoms with Crippen molar-refractivity contribution in [2.24, 2.45) is 0 Å². The fraction of sp³-hybridized carbons (Fsp3) is 0.500. The molecule has 1 unspecified atom stereocenters. The Hall–Kier alpha value is 0.300. The number of imidazole rings is 1. The topological polar surface area (TPSA) is 57.8 Å². The van der Waals surface area contributed by atoms with Crippen LogP contribution in [0.3, 0.4) is 0 Å². The van der Waals surface area contributed by atoms with Crippen molar-refractivity contribution in [1.29, 1.82) is 0 Å². The van der Waals surface area contributed by atoms with Crippen LogP contribution < -0.4 is 3.53 Å². The smallest absolute Gasteiger partial charge is 0.209 e. The molecule has 0 bridgehead atoms. The molecule has 0 radical (unpaired) electrons. The first-order valence-electron chi connectivity index (χ1n) is 4.26. The van der Waals surface area contributed by atoms with Gasteiger partial charge in [-0.2, -0.15) is 0 Å². The van der Waals surface area contributed by atoms with E-state index in [9.17, 15) is 4.79 Å². The van der Waals surface area contributed by atoms with Crippen LogP contribution in [-0.2, 0) is 11.2 Å². The minimum absolute atomic E-state index is 0.0286. The molecule has 0 aliphatic rings. The maximum atomic E-state index is 11.1. The van der Waals surface area contributed by atoms with Gasteiger partial charge in [-0.25, -0.2) is 8.51 Å². The van der Waals surface area contributed by atoms with Crippen molar-refractivity contribution in [2.45, 2.75) is 25.3 Å². The summed E-state index contributed by atoms with van der Waals surface area (Å²) in [6.45, 7) is 0. The van der Waals surface area contributed by atoms with E-state index in [2.05, 4.69) is 13.5 Å². The number of hydrogen-bond donors (Lipinski definition) is 2. The number of aromatic amines is 1. The molecule has 0 aliphatic carbocycles. The van der Waals surface area contributed by atoms with Gasteiger partial charge in [0.15, 0.2) is 0 Å². The number of H-pyrrole nitrogens is 1. The lowest BCUT2D eigenvalue weighted by Gasteiger charge is -2.08. The van der Waals surface area contributed by atoms with Crippen LogP contribution >= 0.6 is 45.5 Å². The van der Waals surface area contributed by atoms with Crippen molar-refractivity contribution in [2.75, 3.05) is 0 Å². The summed E-state index contributed by atoms with van der Waals surface area (Å²) in [5, 5.41) is 0.